The van der Waals surface area contributed by atoms with Gasteiger partial charge in [0.15, 0.2) is 0 Å². The van der Waals surface area contributed by atoms with E-state index in [4.69, 9.17) is 0 Å². The predicted molar refractivity (Wildman–Crippen MR) is 90.7 cm³/mol. The third kappa shape index (κ3) is 4.81. The van der Waals surface area contributed by atoms with Gasteiger partial charge in [-0.05, 0) is 50.6 Å². The molecule has 2 aromatic rings. The SMILES string of the molecule is Cc1cccnc1NC(=O)c1cccc(NC(=O)NC(C)C)c1. The van der Waals surface area contributed by atoms with Crippen molar-refractivity contribution in [2.45, 2.75) is 26.8 Å². The number of hydrogen-bond donors (Lipinski definition) is 3. The van der Waals surface area contributed by atoms with E-state index < -0.39 is 0 Å². The van der Waals surface area contributed by atoms with Crippen LogP contribution in [0, 0.1) is 6.92 Å². The number of benzene rings is 1. The van der Waals surface area contributed by atoms with Crippen LogP contribution in [0.5, 0.6) is 0 Å². The van der Waals surface area contributed by atoms with E-state index >= 15 is 0 Å². The molecule has 0 fully saturated rings. The number of hydrogen-bond acceptors (Lipinski definition) is 3. The van der Waals surface area contributed by atoms with Crippen LogP contribution in [0.1, 0.15) is 29.8 Å². The lowest BCUT2D eigenvalue weighted by atomic mass is 10.2. The number of pyridine rings is 1. The molecule has 3 N–H and O–H groups in total. The summed E-state index contributed by atoms with van der Waals surface area (Å²) in [5, 5.41) is 8.19. The van der Waals surface area contributed by atoms with Crippen molar-refractivity contribution in [1.82, 2.24) is 10.3 Å². The molecule has 0 aliphatic heterocycles. The molecule has 2 rings (SSSR count). The van der Waals surface area contributed by atoms with E-state index in [1.54, 1.807) is 30.5 Å². The first-order valence-corrected chi connectivity index (χ1v) is 7.36. The summed E-state index contributed by atoms with van der Waals surface area (Å²) in [7, 11) is 0. The van der Waals surface area contributed by atoms with Crippen molar-refractivity contribution >= 4 is 23.4 Å². The second-order valence-corrected chi connectivity index (χ2v) is 5.46. The van der Waals surface area contributed by atoms with E-state index in [9.17, 15) is 9.59 Å². The van der Waals surface area contributed by atoms with Gasteiger partial charge in [-0.3, -0.25) is 4.79 Å². The van der Waals surface area contributed by atoms with Gasteiger partial charge in [0.05, 0.1) is 0 Å². The molecule has 1 aromatic carbocycles. The fourth-order valence-electron chi connectivity index (χ4n) is 1.96. The van der Waals surface area contributed by atoms with Crippen LogP contribution in [0.15, 0.2) is 42.6 Å². The topological polar surface area (TPSA) is 83.1 Å². The van der Waals surface area contributed by atoms with Gasteiger partial charge in [-0.25, -0.2) is 9.78 Å². The first-order chi connectivity index (χ1) is 11.0. The van der Waals surface area contributed by atoms with Crippen LogP contribution in [0.4, 0.5) is 16.3 Å². The Hall–Kier alpha value is -2.89. The van der Waals surface area contributed by atoms with Crippen LogP contribution < -0.4 is 16.0 Å². The lowest BCUT2D eigenvalue weighted by Gasteiger charge is -2.11. The van der Waals surface area contributed by atoms with Gasteiger partial charge in [0.25, 0.3) is 5.91 Å². The average molecular weight is 312 g/mol. The van der Waals surface area contributed by atoms with Crippen LogP contribution in [0.3, 0.4) is 0 Å². The number of urea groups is 1. The normalized spacial score (nSPS) is 10.3. The molecular formula is C17H20N4O2. The second-order valence-electron chi connectivity index (χ2n) is 5.46. The van der Waals surface area contributed by atoms with Crippen molar-refractivity contribution in [3.8, 4) is 0 Å². The molecule has 120 valence electrons. The number of aromatic nitrogens is 1. The molecular weight excluding hydrogens is 292 g/mol. The van der Waals surface area contributed by atoms with Gasteiger partial charge in [0.2, 0.25) is 0 Å². The molecule has 6 heteroatoms. The van der Waals surface area contributed by atoms with Gasteiger partial charge in [0, 0.05) is 23.5 Å². The van der Waals surface area contributed by atoms with E-state index in [-0.39, 0.29) is 18.0 Å². The Morgan fingerprint density at radius 2 is 1.87 bits per heavy atom. The van der Waals surface area contributed by atoms with Gasteiger partial charge < -0.3 is 16.0 Å². The number of nitrogens with one attached hydrogen (secondary N) is 3. The summed E-state index contributed by atoms with van der Waals surface area (Å²) >= 11 is 0. The average Bonchev–Trinajstić information content (AvgIpc) is 2.49. The molecule has 0 aliphatic carbocycles. The summed E-state index contributed by atoms with van der Waals surface area (Å²) in [6, 6.07) is 10.1. The number of rotatable bonds is 4. The van der Waals surface area contributed by atoms with Crippen molar-refractivity contribution in [2.75, 3.05) is 10.6 Å². The number of carbonyl (C=O) groups excluding carboxylic acids is 2. The number of amides is 3. The van der Waals surface area contributed by atoms with Crippen molar-refractivity contribution in [3.63, 3.8) is 0 Å². The highest BCUT2D eigenvalue weighted by Crippen LogP contribution is 2.14. The fraction of sp³-hybridized carbons (Fsp3) is 0.235. The third-order valence-electron chi connectivity index (χ3n) is 3.04. The minimum Gasteiger partial charge on any atom is -0.336 e. The van der Waals surface area contributed by atoms with Crippen LogP contribution in [0.2, 0.25) is 0 Å². The summed E-state index contributed by atoms with van der Waals surface area (Å²) in [6.45, 7) is 5.62. The van der Waals surface area contributed by atoms with Crippen LogP contribution in [0.25, 0.3) is 0 Å². The summed E-state index contributed by atoms with van der Waals surface area (Å²) < 4.78 is 0. The molecule has 3 amide bonds. The molecule has 0 saturated carbocycles. The lowest BCUT2D eigenvalue weighted by Crippen LogP contribution is -2.34. The zero-order chi connectivity index (χ0) is 16.8. The zero-order valence-electron chi connectivity index (χ0n) is 13.4. The Bertz CT molecular complexity index is 713. The largest absolute Gasteiger partial charge is 0.336 e. The fourth-order valence-corrected chi connectivity index (χ4v) is 1.96. The number of carbonyl (C=O) groups is 2. The molecule has 0 saturated heterocycles. The van der Waals surface area contributed by atoms with Crippen molar-refractivity contribution in [3.05, 3.63) is 53.7 Å². The van der Waals surface area contributed by atoms with Crippen molar-refractivity contribution in [2.24, 2.45) is 0 Å². The van der Waals surface area contributed by atoms with E-state index in [2.05, 4.69) is 20.9 Å². The zero-order valence-corrected chi connectivity index (χ0v) is 13.4. The standard InChI is InChI=1S/C17H20N4O2/c1-11(2)19-17(23)20-14-8-4-7-13(10-14)16(22)21-15-12(3)6-5-9-18-15/h4-11H,1-3H3,(H,18,21,22)(H2,19,20,23). The minimum atomic E-state index is -0.307. The van der Waals surface area contributed by atoms with Gasteiger partial charge in [-0.15, -0.1) is 0 Å². The molecule has 6 nitrogen and oxygen atoms in total. The maximum absolute atomic E-state index is 12.3. The lowest BCUT2D eigenvalue weighted by molar-refractivity contribution is 0.102. The molecule has 1 aromatic heterocycles. The Balaban J connectivity index is 2.08. The summed E-state index contributed by atoms with van der Waals surface area (Å²) in [6.07, 6.45) is 1.62. The van der Waals surface area contributed by atoms with Crippen LogP contribution >= 0.6 is 0 Å². The molecule has 23 heavy (non-hydrogen) atoms. The van der Waals surface area contributed by atoms with Crippen molar-refractivity contribution < 1.29 is 9.59 Å². The molecule has 0 aliphatic rings. The number of aryl methyl sites for hydroxylation is 1. The Morgan fingerprint density at radius 1 is 1.09 bits per heavy atom. The minimum absolute atomic E-state index is 0.0358. The highest BCUT2D eigenvalue weighted by molar-refractivity contribution is 6.05. The van der Waals surface area contributed by atoms with Crippen LogP contribution in [-0.4, -0.2) is 23.0 Å². The quantitative estimate of drug-likeness (QED) is 0.811. The van der Waals surface area contributed by atoms with Crippen LogP contribution in [-0.2, 0) is 0 Å². The van der Waals surface area contributed by atoms with Crippen molar-refractivity contribution in [1.29, 1.82) is 0 Å². The molecule has 0 unspecified atom stereocenters. The Labute approximate surface area is 135 Å². The smallest absolute Gasteiger partial charge is 0.319 e. The highest BCUT2D eigenvalue weighted by Gasteiger charge is 2.10. The Kier molecular flexibility index (Phi) is 5.30. The maximum Gasteiger partial charge on any atom is 0.319 e. The molecule has 1 heterocycles. The first kappa shape index (κ1) is 16.5. The predicted octanol–water partition coefficient (Wildman–Crippen LogP) is 3.17. The first-order valence-electron chi connectivity index (χ1n) is 7.36. The molecule has 0 bridgehead atoms. The van der Waals surface area contributed by atoms with Gasteiger partial charge in [-0.2, -0.15) is 0 Å². The summed E-state index contributed by atoms with van der Waals surface area (Å²) in [5.74, 6) is 0.244. The summed E-state index contributed by atoms with van der Waals surface area (Å²) in [5.41, 5.74) is 1.87. The monoisotopic (exact) mass is 312 g/mol. The van der Waals surface area contributed by atoms with Gasteiger partial charge in [-0.1, -0.05) is 12.1 Å². The van der Waals surface area contributed by atoms with E-state index in [1.807, 2.05) is 32.9 Å². The molecule has 0 atom stereocenters. The number of anilines is 2. The highest BCUT2D eigenvalue weighted by atomic mass is 16.2. The summed E-state index contributed by atoms with van der Waals surface area (Å²) in [4.78, 5) is 28.1. The molecule has 0 radical (unpaired) electrons. The van der Waals surface area contributed by atoms with Gasteiger partial charge >= 0.3 is 6.03 Å². The van der Waals surface area contributed by atoms with E-state index in [0.717, 1.165) is 5.56 Å². The van der Waals surface area contributed by atoms with E-state index in [0.29, 0.717) is 17.1 Å². The Morgan fingerprint density at radius 3 is 2.57 bits per heavy atom. The number of nitrogens with zero attached hydrogens (tertiary/aromatic N) is 1. The second kappa shape index (κ2) is 7.40. The van der Waals surface area contributed by atoms with Gasteiger partial charge in [0.1, 0.15) is 5.82 Å². The third-order valence-corrected chi connectivity index (χ3v) is 3.04. The maximum atomic E-state index is 12.3. The molecule has 0 spiro atoms. The van der Waals surface area contributed by atoms with E-state index in [1.165, 1.54) is 0 Å².